The van der Waals surface area contributed by atoms with Gasteiger partial charge in [-0.05, 0) is 42.0 Å². The van der Waals surface area contributed by atoms with E-state index in [2.05, 4.69) is 37.6 Å². The lowest BCUT2D eigenvalue weighted by molar-refractivity contribution is -0.111. The molecule has 0 spiro atoms. The van der Waals surface area contributed by atoms with Gasteiger partial charge in [-0.15, -0.1) is 0 Å². The van der Waals surface area contributed by atoms with Crippen molar-refractivity contribution in [3.63, 3.8) is 0 Å². The molecule has 0 atom stereocenters. The number of carbonyl (C=O) groups excluding carboxylic acids is 1. The lowest BCUT2D eigenvalue weighted by atomic mass is 10.1. The number of nitrogens with zero attached hydrogens (tertiary/aromatic N) is 4. The Kier molecular flexibility index (Phi) is 8.76. The summed E-state index contributed by atoms with van der Waals surface area (Å²) in [4.78, 5) is 20.6. The van der Waals surface area contributed by atoms with Crippen LogP contribution in [0.5, 0.6) is 11.5 Å². The molecule has 2 aromatic carbocycles. The van der Waals surface area contributed by atoms with E-state index in [1.807, 2.05) is 13.8 Å². The number of halogens is 1. The second kappa shape index (κ2) is 12.2. The van der Waals surface area contributed by atoms with E-state index >= 15 is 0 Å². The van der Waals surface area contributed by atoms with E-state index in [1.165, 1.54) is 43.6 Å². The molecule has 2 heterocycles. The van der Waals surface area contributed by atoms with Crippen molar-refractivity contribution < 1.29 is 19.0 Å². The number of methoxy groups -OCH3 is 1. The summed E-state index contributed by atoms with van der Waals surface area (Å²) in [6, 6.07) is 8.71. The van der Waals surface area contributed by atoms with E-state index in [9.17, 15) is 14.3 Å². The monoisotopic (exact) mass is 505 g/mol. The first-order valence-corrected chi connectivity index (χ1v) is 11.4. The van der Waals surface area contributed by atoms with Gasteiger partial charge in [-0.25, -0.2) is 9.37 Å². The lowest BCUT2D eigenvalue weighted by Crippen LogP contribution is -2.08. The number of phenols is 1. The van der Waals surface area contributed by atoms with Gasteiger partial charge in [0.1, 0.15) is 23.1 Å². The zero-order valence-corrected chi connectivity index (χ0v) is 20.9. The highest BCUT2D eigenvalue weighted by molar-refractivity contribution is 5.99. The number of benzene rings is 2. The second-order valence-corrected chi connectivity index (χ2v) is 7.41. The molecule has 4 N–H and O–H groups in total. The van der Waals surface area contributed by atoms with E-state index in [-0.39, 0.29) is 23.2 Å². The Morgan fingerprint density at radius 1 is 1.14 bits per heavy atom. The van der Waals surface area contributed by atoms with Crippen LogP contribution in [0.15, 0.2) is 67.6 Å². The standard InChI is InChI=1S/C24H22FN7O3.C2H6/c1-4-22(34)28-16-5-6-21(33)20(10-16)30-23-19(14-7-15(25)9-18(8-14)35-3)12-26-24(31-23)29-17-11-27-32(2)13-17;1-2/h4-13,33H,1H2,2-3H3,(H,28,34)(H2,26,29,30,31);1-2H3. The summed E-state index contributed by atoms with van der Waals surface area (Å²) in [7, 11) is 3.22. The molecule has 1 amide bonds. The highest BCUT2D eigenvalue weighted by Gasteiger charge is 2.15. The molecular formula is C26H28FN7O3. The minimum absolute atomic E-state index is 0.0928. The molecule has 11 heteroatoms. The third-order valence-electron chi connectivity index (χ3n) is 4.87. The molecule has 0 bridgehead atoms. The van der Waals surface area contributed by atoms with Crippen LogP contribution >= 0.6 is 0 Å². The van der Waals surface area contributed by atoms with Crippen LogP contribution in [0.1, 0.15) is 13.8 Å². The first-order chi connectivity index (χ1) is 17.8. The molecule has 37 heavy (non-hydrogen) atoms. The number of phenolic OH excluding ortho intramolecular Hbond substituents is 1. The first-order valence-electron chi connectivity index (χ1n) is 11.4. The number of aryl methyl sites for hydroxylation is 1. The summed E-state index contributed by atoms with van der Waals surface area (Å²) in [6.07, 6.45) is 6.01. The van der Waals surface area contributed by atoms with Gasteiger partial charge in [0.2, 0.25) is 11.9 Å². The zero-order valence-electron chi connectivity index (χ0n) is 20.9. The van der Waals surface area contributed by atoms with Gasteiger partial charge in [0, 0.05) is 36.8 Å². The number of ether oxygens (including phenoxy) is 1. The van der Waals surface area contributed by atoms with Gasteiger partial charge in [-0.1, -0.05) is 20.4 Å². The molecule has 192 valence electrons. The SMILES string of the molecule is C=CC(=O)Nc1ccc(O)c(Nc2nc(Nc3cnn(C)c3)ncc2-c2cc(F)cc(OC)c2)c1.CC. The van der Waals surface area contributed by atoms with Gasteiger partial charge >= 0.3 is 0 Å². The van der Waals surface area contributed by atoms with E-state index in [4.69, 9.17) is 4.74 Å². The predicted octanol–water partition coefficient (Wildman–Crippen LogP) is 5.37. The minimum Gasteiger partial charge on any atom is -0.506 e. The smallest absolute Gasteiger partial charge is 0.247 e. The number of hydrogen-bond donors (Lipinski definition) is 4. The third-order valence-corrected chi connectivity index (χ3v) is 4.87. The normalized spacial score (nSPS) is 10.1. The topological polar surface area (TPSA) is 126 Å². The molecule has 0 aliphatic carbocycles. The number of aromatic hydroxyl groups is 1. The van der Waals surface area contributed by atoms with E-state index in [1.54, 1.807) is 30.2 Å². The third kappa shape index (κ3) is 6.82. The van der Waals surface area contributed by atoms with Gasteiger partial charge in [-0.3, -0.25) is 9.48 Å². The van der Waals surface area contributed by atoms with E-state index in [0.717, 1.165) is 6.08 Å². The number of amides is 1. The Balaban J connectivity index is 0.00000186. The fraction of sp³-hybridized carbons (Fsp3) is 0.154. The molecule has 0 aliphatic rings. The van der Waals surface area contributed by atoms with Crippen molar-refractivity contribution in [2.45, 2.75) is 13.8 Å². The molecule has 10 nitrogen and oxygen atoms in total. The number of rotatable bonds is 8. The van der Waals surface area contributed by atoms with Crippen LogP contribution < -0.4 is 20.7 Å². The predicted molar refractivity (Wildman–Crippen MR) is 142 cm³/mol. The van der Waals surface area contributed by atoms with Crippen molar-refractivity contribution in [2.24, 2.45) is 7.05 Å². The molecule has 0 radical (unpaired) electrons. The van der Waals surface area contributed by atoms with E-state index < -0.39 is 11.7 Å². The Labute approximate surface area is 213 Å². The van der Waals surface area contributed by atoms with Gasteiger partial charge in [0.05, 0.1) is 24.7 Å². The van der Waals surface area contributed by atoms with Crippen molar-refractivity contribution in [2.75, 3.05) is 23.1 Å². The lowest BCUT2D eigenvalue weighted by Gasteiger charge is -2.15. The van der Waals surface area contributed by atoms with Crippen molar-refractivity contribution in [3.8, 4) is 22.6 Å². The van der Waals surface area contributed by atoms with Crippen molar-refractivity contribution in [3.05, 3.63) is 73.5 Å². The van der Waals surface area contributed by atoms with Gasteiger partial charge in [0.25, 0.3) is 0 Å². The zero-order chi connectivity index (χ0) is 26.9. The summed E-state index contributed by atoms with van der Waals surface area (Å²) in [6.45, 7) is 7.43. The van der Waals surface area contributed by atoms with Crippen molar-refractivity contribution >= 4 is 34.7 Å². The summed E-state index contributed by atoms with van der Waals surface area (Å²) in [5.41, 5.74) is 2.23. The highest BCUT2D eigenvalue weighted by atomic mass is 19.1. The van der Waals surface area contributed by atoms with Crippen LogP contribution in [0.3, 0.4) is 0 Å². The van der Waals surface area contributed by atoms with Crippen LogP contribution in [0.25, 0.3) is 11.1 Å². The average Bonchev–Trinajstić information content (AvgIpc) is 3.31. The minimum atomic E-state index is -0.500. The van der Waals surface area contributed by atoms with Crippen LogP contribution in [-0.4, -0.2) is 37.9 Å². The van der Waals surface area contributed by atoms with Crippen LogP contribution in [0.2, 0.25) is 0 Å². The molecule has 2 aromatic heterocycles. The first kappa shape index (κ1) is 26.7. The number of aromatic nitrogens is 4. The molecule has 0 saturated heterocycles. The fourth-order valence-corrected chi connectivity index (χ4v) is 3.23. The maximum absolute atomic E-state index is 14.2. The van der Waals surface area contributed by atoms with Crippen molar-refractivity contribution in [1.82, 2.24) is 19.7 Å². The maximum atomic E-state index is 14.2. The largest absolute Gasteiger partial charge is 0.506 e. The summed E-state index contributed by atoms with van der Waals surface area (Å²) in [5, 5.41) is 23.3. The molecule has 4 aromatic rings. The Morgan fingerprint density at radius 2 is 1.92 bits per heavy atom. The van der Waals surface area contributed by atoms with Crippen LogP contribution in [0.4, 0.5) is 33.2 Å². The second-order valence-electron chi connectivity index (χ2n) is 7.41. The number of nitrogens with one attached hydrogen (secondary N) is 3. The van der Waals surface area contributed by atoms with Gasteiger partial charge < -0.3 is 25.8 Å². The number of hydrogen-bond acceptors (Lipinski definition) is 8. The van der Waals surface area contributed by atoms with Gasteiger partial charge in [-0.2, -0.15) is 10.1 Å². The summed E-state index contributed by atoms with van der Waals surface area (Å²) < 4.78 is 21.1. The molecule has 0 aliphatic heterocycles. The van der Waals surface area contributed by atoms with Crippen molar-refractivity contribution in [1.29, 1.82) is 0 Å². The maximum Gasteiger partial charge on any atom is 0.247 e. The van der Waals surface area contributed by atoms with Crippen LogP contribution in [0, 0.1) is 5.82 Å². The quantitative estimate of drug-likeness (QED) is 0.143. The summed E-state index contributed by atoms with van der Waals surface area (Å²) >= 11 is 0. The van der Waals surface area contributed by atoms with E-state index in [0.29, 0.717) is 28.3 Å². The highest BCUT2D eigenvalue weighted by Crippen LogP contribution is 2.35. The molecule has 0 unspecified atom stereocenters. The average molecular weight is 506 g/mol. The molecule has 4 rings (SSSR count). The number of carbonyl (C=O) groups is 1. The Hall–Kier alpha value is -4.93. The Bertz CT molecular complexity index is 1400. The number of anilines is 5. The molecule has 0 saturated carbocycles. The Morgan fingerprint density at radius 3 is 2.59 bits per heavy atom. The summed E-state index contributed by atoms with van der Waals surface area (Å²) in [5.74, 6) is -0.172. The van der Waals surface area contributed by atoms with Gasteiger partial charge in [0.15, 0.2) is 0 Å². The molecule has 0 fully saturated rings. The fourth-order valence-electron chi connectivity index (χ4n) is 3.23. The molecular weight excluding hydrogens is 477 g/mol. The van der Waals surface area contributed by atoms with Crippen LogP contribution in [-0.2, 0) is 11.8 Å².